The van der Waals surface area contributed by atoms with Crippen LogP contribution in [0.4, 0.5) is 0 Å². The number of nitrogens with zero attached hydrogens (tertiary/aromatic N) is 2. The van der Waals surface area contributed by atoms with Gasteiger partial charge in [-0.3, -0.25) is 4.79 Å². The summed E-state index contributed by atoms with van der Waals surface area (Å²) >= 11 is 0. The molecule has 6 heteroatoms. The number of carbonyl (C=O) groups is 1. The van der Waals surface area contributed by atoms with Crippen molar-refractivity contribution >= 4 is 11.9 Å². The van der Waals surface area contributed by atoms with Crippen LogP contribution < -0.4 is 10.6 Å². The molecule has 5 fully saturated rings. The summed E-state index contributed by atoms with van der Waals surface area (Å²) < 4.78 is 6.06. The molecule has 6 nitrogen and oxygen atoms in total. The van der Waals surface area contributed by atoms with Gasteiger partial charge >= 0.3 is 0 Å². The van der Waals surface area contributed by atoms with E-state index in [2.05, 4.69) is 10.6 Å². The molecule has 0 aromatic rings. The Bertz CT molecular complexity index is 630. The number of likely N-dealkylation sites (N-methyl/N-ethyl adjacent to an activating group) is 1. The Morgan fingerprint density at radius 3 is 2.67 bits per heavy atom. The molecule has 1 amide bonds. The molecule has 1 heterocycles. The molecule has 1 aliphatic heterocycles. The molecule has 2 N–H and O–H groups in total. The second-order valence-corrected chi connectivity index (χ2v) is 9.83. The fourth-order valence-electron chi connectivity index (χ4n) is 6.62. The first kappa shape index (κ1) is 17.8. The molecule has 5 aliphatic rings. The van der Waals surface area contributed by atoms with Crippen molar-refractivity contribution in [1.29, 1.82) is 0 Å². The number of ether oxygens (including phenoxy) is 1. The lowest BCUT2D eigenvalue weighted by Crippen LogP contribution is -2.72. The second-order valence-electron chi connectivity index (χ2n) is 9.83. The van der Waals surface area contributed by atoms with Crippen molar-refractivity contribution in [2.75, 3.05) is 27.2 Å². The first-order valence-electron chi connectivity index (χ1n) is 11.0. The second kappa shape index (κ2) is 6.64. The standard InChI is InChI=1S/C21H34N4O2/c1-25(2)17(26)12-22-20(23-16-11-13-4-5-14(16)10-13)24-18-15-6-9-27-19(15)21(18)7-3-8-21/h13-16,18-19H,3-12H2,1-2H3,(H2,22,23,24). The lowest BCUT2D eigenvalue weighted by molar-refractivity contribution is -0.171. The minimum atomic E-state index is 0.0538. The summed E-state index contributed by atoms with van der Waals surface area (Å²) in [5.41, 5.74) is 0.323. The van der Waals surface area contributed by atoms with E-state index in [1.54, 1.807) is 19.0 Å². The van der Waals surface area contributed by atoms with Crippen LogP contribution in [0.25, 0.3) is 0 Å². The summed E-state index contributed by atoms with van der Waals surface area (Å²) in [6, 6.07) is 0.982. The minimum Gasteiger partial charge on any atom is -0.377 e. The van der Waals surface area contributed by atoms with Crippen molar-refractivity contribution in [3.8, 4) is 0 Å². The first-order chi connectivity index (χ1) is 13.1. The largest absolute Gasteiger partial charge is 0.377 e. The third-order valence-electron chi connectivity index (χ3n) is 8.26. The van der Waals surface area contributed by atoms with E-state index in [0.717, 1.165) is 30.8 Å². The maximum absolute atomic E-state index is 12.1. The average Bonchev–Trinajstić information content (AvgIpc) is 3.31. The van der Waals surface area contributed by atoms with Crippen LogP contribution >= 0.6 is 0 Å². The Morgan fingerprint density at radius 2 is 2.04 bits per heavy atom. The molecule has 0 radical (unpaired) electrons. The zero-order valence-electron chi connectivity index (χ0n) is 16.7. The van der Waals surface area contributed by atoms with Gasteiger partial charge in [-0.25, -0.2) is 4.99 Å². The van der Waals surface area contributed by atoms with E-state index in [0.29, 0.717) is 29.5 Å². The van der Waals surface area contributed by atoms with Crippen LogP contribution in [0.15, 0.2) is 4.99 Å². The number of fused-ring (bicyclic) bond motifs is 4. The Morgan fingerprint density at radius 1 is 1.19 bits per heavy atom. The van der Waals surface area contributed by atoms with Crippen molar-refractivity contribution in [3.05, 3.63) is 0 Å². The zero-order valence-corrected chi connectivity index (χ0v) is 16.7. The number of hydrogen-bond acceptors (Lipinski definition) is 3. The van der Waals surface area contributed by atoms with Crippen LogP contribution in [-0.4, -0.2) is 62.2 Å². The summed E-state index contributed by atoms with van der Waals surface area (Å²) in [6.45, 7) is 1.12. The Balaban J connectivity index is 1.30. The smallest absolute Gasteiger partial charge is 0.243 e. The molecule has 0 aromatic carbocycles. The maximum Gasteiger partial charge on any atom is 0.243 e. The number of hydrogen-bond donors (Lipinski definition) is 2. The molecule has 150 valence electrons. The lowest BCUT2D eigenvalue weighted by atomic mass is 9.46. The van der Waals surface area contributed by atoms with Crippen LogP contribution in [0, 0.1) is 23.2 Å². The topological polar surface area (TPSA) is 66.0 Å². The molecule has 27 heavy (non-hydrogen) atoms. The molecule has 0 aromatic heterocycles. The monoisotopic (exact) mass is 374 g/mol. The lowest BCUT2D eigenvalue weighted by Gasteiger charge is -2.63. The van der Waals surface area contributed by atoms with Gasteiger partial charge in [0.2, 0.25) is 5.91 Å². The minimum absolute atomic E-state index is 0.0538. The molecule has 1 saturated heterocycles. The fraction of sp³-hybridized carbons (Fsp3) is 0.905. The third-order valence-corrected chi connectivity index (χ3v) is 8.26. The molecule has 6 unspecified atom stereocenters. The molecule has 1 spiro atoms. The summed E-state index contributed by atoms with van der Waals surface area (Å²) in [5.74, 6) is 3.21. The van der Waals surface area contributed by atoms with E-state index < -0.39 is 0 Å². The van der Waals surface area contributed by atoms with Crippen LogP contribution in [0.1, 0.15) is 51.4 Å². The van der Waals surface area contributed by atoms with Gasteiger partial charge in [-0.15, -0.1) is 0 Å². The predicted octanol–water partition coefficient (Wildman–Crippen LogP) is 1.76. The van der Waals surface area contributed by atoms with Crippen LogP contribution in [0.5, 0.6) is 0 Å². The first-order valence-corrected chi connectivity index (χ1v) is 11.0. The van der Waals surface area contributed by atoms with Crippen molar-refractivity contribution in [3.63, 3.8) is 0 Å². The van der Waals surface area contributed by atoms with Crippen LogP contribution in [-0.2, 0) is 9.53 Å². The SMILES string of the molecule is CN(C)C(=O)CN=C(NC1CC2CCC1C2)NC1C2CCOC2C12CCC2. The molecule has 2 bridgehead atoms. The zero-order chi connectivity index (χ0) is 18.6. The molecular formula is C21H34N4O2. The number of aliphatic imine (C=N–C) groups is 1. The molecule has 4 saturated carbocycles. The molecule has 6 atom stereocenters. The average molecular weight is 375 g/mol. The third kappa shape index (κ3) is 2.86. The fourth-order valence-corrected chi connectivity index (χ4v) is 6.62. The van der Waals surface area contributed by atoms with Gasteiger partial charge in [-0.2, -0.15) is 0 Å². The molecule has 4 aliphatic carbocycles. The number of carbonyl (C=O) groups excluding carboxylic acids is 1. The van der Waals surface area contributed by atoms with E-state index in [1.165, 1.54) is 44.9 Å². The van der Waals surface area contributed by atoms with E-state index in [1.807, 2.05) is 0 Å². The Hall–Kier alpha value is -1.30. The highest BCUT2D eigenvalue weighted by atomic mass is 16.5. The highest BCUT2D eigenvalue weighted by Gasteiger charge is 2.66. The van der Waals surface area contributed by atoms with Crippen LogP contribution in [0.3, 0.4) is 0 Å². The van der Waals surface area contributed by atoms with Crippen molar-refractivity contribution < 1.29 is 9.53 Å². The number of amides is 1. The number of guanidine groups is 1. The van der Waals surface area contributed by atoms with Gasteiger partial charge < -0.3 is 20.3 Å². The molecular weight excluding hydrogens is 340 g/mol. The van der Waals surface area contributed by atoms with Gasteiger partial charge in [0.15, 0.2) is 5.96 Å². The van der Waals surface area contributed by atoms with E-state index in [9.17, 15) is 4.79 Å². The predicted molar refractivity (Wildman–Crippen MR) is 104 cm³/mol. The summed E-state index contributed by atoms with van der Waals surface area (Å²) in [5, 5.41) is 7.52. The highest BCUT2D eigenvalue weighted by molar-refractivity contribution is 5.85. The van der Waals surface area contributed by atoms with E-state index in [-0.39, 0.29) is 12.5 Å². The number of nitrogens with one attached hydrogen (secondary N) is 2. The van der Waals surface area contributed by atoms with Gasteiger partial charge in [0.25, 0.3) is 0 Å². The van der Waals surface area contributed by atoms with Gasteiger partial charge in [-0.05, 0) is 50.4 Å². The van der Waals surface area contributed by atoms with Gasteiger partial charge in [-0.1, -0.05) is 12.8 Å². The summed E-state index contributed by atoms with van der Waals surface area (Å²) in [4.78, 5) is 18.4. The highest BCUT2D eigenvalue weighted by Crippen LogP contribution is 2.62. The van der Waals surface area contributed by atoms with Crippen molar-refractivity contribution in [1.82, 2.24) is 15.5 Å². The van der Waals surface area contributed by atoms with E-state index in [4.69, 9.17) is 9.73 Å². The van der Waals surface area contributed by atoms with Gasteiger partial charge in [0, 0.05) is 44.1 Å². The normalized spacial score (nSPS) is 41.0. The number of rotatable bonds is 4. The quantitative estimate of drug-likeness (QED) is 0.581. The Kier molecular flexibility index (Phi) is 4.37. The maximum atomic E-state index is 12.1. The van der Waals surface area contributed by atoms with Gasteiger partial charge in [0.05, 0.1) is 6.10 Å². The summed E-state index contributed by atoms with van der Waals surface area (Å²) in [6.07, 6.45) is 10.8. The van der Waals surface area contributed by atoms with Crippen molar-refractivity contribution in [2.24, 2.45) is 28.2 Å². The van der Waals surface area contributed by atoms with Gasteiger partial charge in [0.1, 0.15) is 6.54 Å². The summed E-state index contributed by atoms with van der Waals surface area (Å²) in [7, 11) is 3.59. The van der Waals surface area contributed by atoms with Crippen LogP contribution in [0.2, 0.25) is 0 Å². The van der Waals surface area contributed by atoms with Crippen molar-refractivity contribution in [2.45, 2.75) is 69.6 Å². The van der Waals surface area contributed by atoms with E-state index >= 15 is 0 Å². The Labute approximate surface area is 162 Å². The molecule has 5 rings (SSSR count).